The van der Waals surface area contributed by atoms with Crippen LogP contribution < -0.4 is 11.5 Å². The molecule has 72 valence electrons. The molecule has 1 aromatic rings. The second-order valence-corrected chi connectivity index (χ2v) is 2.66. The van der Waals surface area contributed by atoms with E-state index in [9.17, 15) is 13.9 Å². The van der Waals surface area contributed by atoms with Gasteiger partial charge in [-0.15, -0.1) is 0 Å². The van der Waals surface area contributed by atoms with Crippen LogP contribution in [0.2, 0.25) is 0 Å². The fourth-order valence-electron chi connectivity index (χ4n) is 0.983. The summed E-state index contributed by atoms with van der Waals surface area (Å²) in [6.07, 6.45) is 0. The molecule has 0 saturated carbocycles. The SMILES string of the molecule is Nc1c(F)ccc([C@@H](N)CF)c1O. The molecule has 3 nitrogen and oxygen atoms in total. The third kappa shape index (κ3) is 1.70. The summed E-state index contributed by atoms with van der Waals surface area (Å²) in [6, 6.07) is 1.29. The van der Waals surface area contributed by atoms with Gasteiger partial charge < -0.3 is 16.6 Å². The highest BCUT2D eigenvalue weighted by atomic mass is 19.1. The molecule has 0 amide bonds. The molecular formula is C8H10F2N2O. The highest BCUT2D eigenvalue weighted by Crippen LogP contribution is 2.30. The summed E-state index contributed by atoms with van der Waals surface area (Å²) in [4.78, 5) is 0. The Balaban J connectivity index is 3.18. The van der Waals surface area contributed by atoms with E-state index >= 15 is 0 Å². The molecular weight excluding hydrogens is 178 g/mol. The summed E-state index contributed by atoms with van der Waals surface area (Å²) in [6.45, 7) is -0.835. The van der Waals surface area contributed by atoms with Crippen molar-refractivity contribution in [3.05, 3.63) is 23.5 Å². The number of anilines is 1. The molecule has 5 heteroatoms. The normalized spacial score (nSPS) is 12.8. The van der Waals surface area contributed by atoms with Crippen LogP contribution in [0.25, 0.3) is 0 Å². The van der Waals surface area contributed by atoms with Crippen LogP contribution in [0.15, 0.2) is 12.1 Å². The molecule has 0 fully saturated rings. The Labute approximate surface area is 74.0 Å². The molecule has 1 atom stereocenters. The lowest BCUT2D eigenvalue weighted by Crippen LogP contribution is -2.13. The number of nitrogen functional groups attached to an aromatic ring is 1. The van der Waals surface area contributed by atoms with E-state index in [4.69, 9.17) is 11.5 Å². The molecule has 1 rings (SSSR count). The lowest BCUT2D eigenvalue weighted by molar-refractivity contribution is 0.413. The topological polar surface area (TPSA) is 72.3 Å². The number of aromatic hydroxyl groups is 1. The summed E-state index contributed by atoms with van der Waals surface area (Å²) in [5.74, 6) is -1.22. The van der Waals surface area contributed by atoms with Gasteiger partial charge in [-0.1, -0.05) is 6.07 Å². The first-order valence-corrected chi connectivity index (χ1v) is 3.66. The van der Waals surface area contributed by atoms with Crippen molar-refractivity contribution in [1.29, 1.82) is 0 Å². The van der Waals surface area contributed by atoms with Gasteiger partial charge in [-0.2, -0.15) is 0 Å². The summed E-state index contributed by atoms with van der Waals surface area (Å²) in [7, 11) is 0. The predicted molar refractivity (Wildman–Crippen MR) is 45.4 cm³/mol. The minimum absolute atomic E-state index is 0.112. The van der Waals surface area contributed by atoms with E-state index in [-0.39, 0.29) is 5.56 Å². The average molecular weight is 188 g/mol. The maximum atomic E-state index is 12.7. The summed E-state index contributed by atoms with van der Waals surface area (Å²) in [5, 5.41) is 9.27. The summed E-state index contributed by atoms with van der Waals surface area (Å²) in [5.41, 5.74) is 10.2. The molecule has 0 radical (unpaired) electrons. The molecule has 1 aromatic carbocycles. The number of rotatable bonds is 2. The first kappa shape index (κ1) is 9.73. The van der Waals surface area contributed by atoms with Crippen LogP contribution in [0, 0.1) is 5.82 Å². The third-order valence-electron chi connectivity index (χ3n) is 1.76. The van der Waals surface area contributed by atoms with Gasteiger partial charge in [-0.3, -0.25) is 0 Å². The van der Waals surface area contributed by atoms with Crippen LogP contribution >= 0.6 is 0 Å². The van der Waals surface area contributed by atoms with Crippen molar-refractivity contribution in [1.82, 2.24) is 0 Å². The Bertz CT molecular complexity index is 317. The average Bonchev–Trinajstić information content (AvgIpc) is 2.13. The predicted octanol–water partition coefficient (Wildman–Crippen LogP) is 1.08. The van der Waals surface area contributed by atoms with Crippen LogP contribution in [-0.4, -0.2) is 11.8 Å². The van der Waals surface area contributed by atoms with Crippen molar-refractivity contribution in [3.63, 3.8) is 0 Å². The van der Waals surface area contributed by atoms with Gasteiger partial charge >= 0.3 is 0 Å². The minimum atomic E-state index is -0.970. The van der Waals surface area contributed by atoms with Crippen molar-refractivity contribution in [2.45, 2.75) is 6.04 Å². The van der Waals surface area contributed by atoms with E-state index in [1.165, 1.54) is 6.07 Å². The minimum Gasteiger partial charge on any atom is -0.505 e. The van der Waals surface area contributed by atoms with Gasteiger partial charge in [0.05, 0.1) is 6.04 Å². The second-order valence-electron chi connectivity index (χ2n) is 2.66. The van der Waals surface area contributed by atoms with E-state index < -0.39 is 30.0 Å². The zero-order valence-electron chi connectivity index (χ0n) is 6.80. The lowest BCUT2D eigenvalue weighted by atomic mass is 10.1. The number of hydrogen-bond donors (Lipinski definition) is 3. The molecule has 0 aliphatic carbocycles. The Morgan fingerprint density at radius 2 is 2.08 bits per heavy atom. The monoisotopic (exact) mass is 188 g/mol. The number of phenolic OH excluding ortho intramolecular Hbond substituents is 1. The van der Waals surface area contributed by atoms with E-state index in [1.54, 1.807) is 0 Å². The van der Waals surface area contributed by atoms with Crippen molar-refractivity contribution in [3.8, 4) is 5.75 Å². The number of nitrogens with two attached hydrogens (primary N) is 2. The van der Waals surface area contributed by atoms with Crippen molar-refractivity contribution < 1.29 is 13.9 Å². The smallest absolute Gasteiger partial charge is 0.149 e. The number of hydrogen-bond acceptors (Lipinski definition) is 3. The van der Waals surface area contributed by atoms with Gasteiger partial charge in [0.25, 0.3) is 0 Å². The molecule has 5 N–H and O–H groups in total. The molecule has 0 heterocycles. The van der Waals surface area contributed by atoms with Gasteiger partial charge in [0.1, 0.15) is 23.9 Å². The maximum Gasteiger partial charge on any atom is 0.149 e. The number of benzene rings is 1. The Morgan fingerprint density at radius 3 is 2.62 bits per heavy atom. The van der Waals surface area contributed by atoms with Crippen molar-refractivity contribution in [2.75, 3.05) is 12.4 Å². The highest BCUT2D eigenvalue weighted by molar-refractivity contribution is 5.57. The lowest BCUT2D eigenvalue weighted by Gasteiger charge is -2.11. The largest absolute Gasteiger partial charge is 0.505 e. The second kappa shape index (κ2) is 3.57. The van der Waals surface area contributed by atoms with Gasteiger partial charge in [-0.25, -0.2) is 8.78 Å². The van der Waals surface area contributed by atoms with E-state index in [0.717, 1.165) is 6.07 Å². The van der Waals surface area contributed by atoms with Crippen LogP contribution in [0.5, 0.6) is 5.75 Å². The zero-order valence-corrected chi connectivity index (χ0v) is 6.80. The van der Waals surface area contributed by atoms with E-state index in [0.29, 0.717) is 0 Å². The van der Waals surface area contributed by atoms with Crippen LogP contribution in [0.3, 0.4) is 0 Å². The number of phenols is 1. The van der Waals surface area contributed by atoms with Gasteiger partial charge in [0.15, 0.2) is 0 Å². The quantitative estimate of drug-likeness (QED) is 0.480. The molecule has 0 saturated heterocycles. The van der Waals surface area contributed by atoms with Gasteiger partial charge in [0.2, 0.25) is 0 Å². The Kier molecular flexibility index (Phi) is 2.67. The first-order chi connectivity index (χ1) is 6.07. The van der Waals surface area contributed by atoms with Crippen molar-refractivity contribution >= 4 is 5.69 Å². The van der Waals surface area contributed by atoms with Crippen LogP contribution in [0.4, 0.5) is 14.5 Å². The number of halogens is 2. The Hall–Kier alpha value is -1.36. The standard InChI is InChI=1S/C8H10F2N2O/c9-3-6(11)4-1-2-5(10)7(12)8(4)13/h1-2,6,13H,3,11-12H2/t6-/m0/s1. The maximum absolute atomic E-state index is 12.7. The molecule has 0 aromatic heterocycles. The van der Waals surface area contributed by atoms with Crippen molar-refractivity contribution in [2.24, 2.45) is 5.73 Å². The Morgan fingerprint density at radius 1 is 1.46 bits per heavy atom. The van der Waals surface area contributed by atoms with Crippen LogP contribution in [0.1, 0.15) is 11.6 Å². The third-order valence-corrected chi connectivity index (χ3v) is 1.76. The van der Waals surface area contributed by atoms with Gasteiger partial charge in [0, 0.05) is 5.56 Å². The number of alkyl halides is 1. The van der Waals surface area contributed by atoms with E-state index in [1.807, 2.05) is 0 Å². The molecule has 0 unspecified atom stereocenters. The molecule has 0 bridgehead atoms. The van der Waals surface area contributed by atoms with Crippen LogP contribution in [-0.2, 0) is 0 Å². The highest BCUT2D eigenvalue weighted by Gasteiger charge is 2.14. The van der Waals surface area contributed by atoms with Gasteiger partial charge in [-0.05, 0) is 6.07 Å². The fraction of sp³-hybridized carbons (Fsp3) is 0.250. The molecule has 0 spiro atoms. The summed E-state index contributed by atoms with van der Waals surface area (Å²) < 4.78 is 24.8. The fourth-order valence-corrected chi connectivity index (χ4v) is 0.983. The summed E-state index contributed by atoms with van der Waals surface area (Å²) >= 11 is 0. The molecule has 0 aliphatic heterocycles. The van der Waals surface area contributed by atoms with E-state index in [2.05, 4.69) is 0 Å². The molecule has 0 aliphatic rings. The first-order valence-electron chi connectivity index (χ1n) is 3.66. The zero-order chi connectivity index (χ0) is 10.0. The molecule has 13 heavy (non-hydrogen) atoms.